The number of carbonyl (C=O) groups is 1. The van der Waals surface area contributed by atoms with Crippen molar-refractivity contribution in [3.8, 4) is 40.2 Å². The molecule has 0 spiro atoms. The van der Waals surface area contributed by atoms with E-state index in [9.17, 15) is 50.8 Å². The number of esters is 1. The topological polar surface area (TPSA) is 227 Å². The Morgan fingerprint density at radius 1 is 0.750 bits per heavy atom. The molecule has 0 radical (unpaired) electrons. The molecule has 13 nitrogen and oxygen atoms in total. The van der Waals surface area contributed by atoms with Crippen LogP contribution in [0.1, 0.15) is 21.5 Å². The highest BCUT2D eigenvalue weighted by Gasteiger charge is 2.45. The van der Waals surface area contributed by atoms with Crippen LogP contribution in [0.25, 0.3) is 12.2 Å². The quantitative estimate of drug-likeness (QED) is 0.113. The lowest BCUT2D eigenvalue weighted by molar-refractivity contribution is -0.277. The first-order valence-corrected chi connectivity index (χ1v) is 11.8. The molecule has 0 unspecified atom stereocenters. The second-order valence-electron chi connectivity index (χ2n) is 8.94. The van der Waals surface area contributed by atoms with Gasteiger partial charge in [-0.25, -0.2) is 4.79 Å². The van der Waals surface area contributed by atoms with Crippen LogP contribution >= 0.6 is 0 Å². The van der Waals surface area contributed by atoms with Gasteiger partial charge in [0.1, 0.15) is 42.5 Å². The third-order valence-corrected chi connectivity index (χ3v) is 5.99. The molecule has 1 saturated heterocycles. The highest BCUT2D eigenvalue weighted by molar-refractivity contribution is 5.91. The van der Waals surface area contributed by atoms with Crippen molar-refractivity contribution in [3.05, 3.63) is 65.2 Å². The van der Waals surface area contributed by atoms with Crippen molar-refractivity contribution >= 4 is 18.1 Å². The molecule has 1 aliphatic rings. The van der Waals surface area contributed by atoms with Crippen LogP contribution in [0.5, 0.6) is 40.2 Å². The molecule has 13 heteroatoms. The van der Waals surface area contributed by atoms with Gasteiger partial charge in [0.25, 0.3) is 0 Å². The molecule has 1 fully saturated rings. The number of aliphatic hydroxyl groups excluding tert-OH is 3. The smallest absolute Gasteiger partial charge is 0.338 e. The van der Waals surface area contributed by atoms with Crippen molar-refractivity contribution in [1.82, 2.24) is 0 Å². The molecule has 1 heterocycles. The zero-order valence-corrected chi connectivity index (χ0v) is 20.5. The van der Waals surface area contributed by atoms with Gasteiger partial charge in [0.2, 0.25) is 6.29 Å². The first kappa shape index (κ1) is 28.3. The van der Waals surface area contributed by atoms with E-state index in [1.165, 1.54) is 30.3 Å². The fraction of sp³-hybridized carbons (Fsp3) is 0.222. The van der Waals surface area contributed by atoms with E-state index in [0.717, 1.165) is 12.1 Å². The first-order valence-electron chi connectivity index (χ1n) is 11.8. The minimum absolute atomic E-state index is 0.00614. The number of aliphatic hydroxyl groups is 3. The van der Waals surface area contributed by atoms with Crippen molar-refractivity contribution in [2.75, 3.05) is 6.61 Å². The Balaban J connectivity index is 1.45. The molecule has 0 bridgehead atoms. The molecular weight excluding hydrogens is 532 g/mol. The zero-order valence-electron chi connectivity index (χ0n) is 20.5. The van der Waals surface area contributed by atoms with Gasteiger partial charge >= 0.3 is 5.97 Å². The maximum Gasteiger partial charge on any atom is 0.338 e. The Labute approximate surface area is 226 Å². The Hall–Kier alpha value is -4.69. The van der Waals surface area contributed by atoms with E-state index in [-0.39, 0.29) is 28.6 Å². The van der Waals surface area contributed by atoms with E-state index >= 15 is 0 Å². The van der Waals surface area contributed by atoms with Gasteiger partial charge in [-0.1, -0.05) is 18.2 Å². The SMILES string of the molecule is O=C(OC[C@H]1O[C@@H](Oc2cc(O)cc(C=Cc3ccc(O)c(O)c3)c2)[C@H](O)[C@@H](O)[C@@H]1O)c1cc(O)c(O)c(O)c1. The Morgan fingerprint density at radius 3 is 2.10 bits per heavy atom. The van der Waals surface area contributed by atoms with E-state index in [1.807, 2.05) is 0 Å². The van der Waals surface area contributed by atoms with Gasteiger partial charge in [-0.2, -0.15) is 0 Å². The second-order valence-corrected chi connectivity index (χ2v) is 8.94. The zero-order chi connectivity index (χ0) is 29.1. The second kappa shape index (κ2) is 11.6. The molecule has 5 atom stereocenters. The standard InChI is InChI=1S/C27H26O13/c28-15-5-13(2-1-12-3-4-17(29)18(30)7-12)6-16(10-15)39-27-25(36)24(35)23(34)21(40-27)11-38-26(37)14-8-19(31)22(33)20(32)9-14/h1-10,21,23-25,27-36H,11H2/t21-,23-,24+,25-,27-/m1/s1. The molecule has 212 valence electrons. The molecule has 1 aliphatic heterocycles. The lowest BCUT2D eigenvalue weighted by Gasteiger charge is -2.39. The predicted octanol–water partition coefficient (Wildman–Crippen LogP) is 1.13. The summed E-state index contributed by atoms with van der Waals surface area (Å²) in [5.41, 5.74) is 0.646. The number of phenolic OH excluding ortho intramolecular Hbond substituents is 6. The van der Waals surface area contributed by atoms with Crippen LogP contribution in [0.15, 0.2) is 48.5 Å². The maximum atomic E-state index is 12.3. The molecular formula is C27H26O13. The molecule has 0 aliphatic carbocycles. The normalized spacial score (nSPS) is 22.7. The fourth-order valence-electron chi connectivity index (χ4n) is 3.86. The van der Waals surface area contributed by atoms with Gasteiger partial charge in [0.15, 0.2) is 28.7 Å². The largest absolute Gasteiger partial charge is 0.508 e. The summed E-state index contributed by atoms with van der Waals surface area (Å²) in [5.74, 6) is -4.24. The third kappa shape index (κ3) is 6.30. The third-order valence-electron chi connectivity index (χ3n) is 5.99. The van der Waals surface area contributed by atoms with Crippen LogP contribution in [0.2, 0.25) is 0 Å². The van der Waals surface area contributed by atoms with Crippen molar-refractivity contribution in [1.29, 1.82) is 0 Å². The Kier molecular flexibility index (Phi) is 8.21. The van der Waals surface area contributed by atoms with E-state index in [4.69, 9.17) is 14.2 Å². The van der Waals surface area contributed by atoms with Gasteiger partial charge in [0.05, 0.1) is 5.56 Å². The van der Waals surface area contributed by atoms with Gasteiger partial charge in [0, 0.05) is 6.07 Å². The van der Waals surface area contributed by atoms with Crippen molar-refractivity contribution in [2.45, 2.75) is 30.7 Å². The molecule has 3 aromatic rings. The van der Waals surface area contributed by atoms with Gasteiger partial charge < -0.3 is 60.2 Å². The summed E-state index contributed by atoms with van der Waals surface area (Å²) in [6, 6.07) is 9.92. The lowest BCUT2D eigenvalue weighted by atomic mass is 9.99. The number of rotatable bonds is 7. The molecule has 0 amide bonds. The molecule has 4 rings (SSSR count). The summed E-state index contributed by atoms with van der Waals surface area (Å²) in [6.07, 6.45) is -5.02. The summed E-state index contributed by atoms with van der Waals surface area (Å²) in [6.45, 7) is -0.639. The van der Waals surface area contributed by atoms with E-state index in [0.29, 0.717) is 11.1 Å². The molecule has 0 aromatic heterocycles. The monoisotopic (exact) mass is 558 g/mol. The van der Waals surface area contributed by atoms with Crippen LogP contribution in [0.4, 0.5) is 0 Å². The highest BCUT2D eigenvalue weighted by atomic mass is 16.7. The minimum Gasteiger partial charge on any atom is -0.508 e. The van der Waals surface area contributed by atoms with Crippen LogP contribution in [0.3, 0.4) is 0 Å². The summed E-state index contributed by atoms with van der Waals surface area (Å²) >= 11 is 0. The summed E-state index contributed by atoms with van der Waals surface area (Å²) < 4.78 is 16.2. The van der Waals surface area contributed by atoms with Crippen molar-refractivity contribution < 1.29 is 65.0 Å². The van der Waals surface area contributed by atoms with Crippen LogP contribution in [0, 0.1) is 0 Å². The van der Waals surface area contributed by atoms with Gasteiger partial charge in [-0.05, 0) is 47.5 Å². The van der Waals surface area contributed by atoms with Crippen LogP contribution < -0.4 is 4.74 Å². The number of phenols is 6. The van der Waals surface area contributed by atoms with E-state index in [2.05, 4.69) is 0 Å². The van der Waals surface area contributed by atoms with Gasteiger partial charge in [-0.3, -0.25) is 0 Å². The number of hydrogen-bond acceptors (Lipinski definition) is 13. The molecule has 40 heavy (non-hydrogen) atoms. The number of benzene rings is 3. The average molecular weight is 558 g/mol. The maximum absolute atomic E-state index is 12.3. The molecule has 3 aromatic carbocycles. The average Bonchev–Trinajstić information content (AvgIpc) is 2.91. The number of aromatic hydroxyl groups is 6. The summed E-state index contributed by atoms with van der Waals surface area (Å²) in [4.78, 5) is 12.3. The fourth-order valence-corrected chi connectivity index (χ4v) is 3.86. The number of ether oxygens (including phenoxy) is 3. The number of hydrogen-bond donors (Lipinski definition) is 9. The number of carbonyl (C=O) groups excluding carboxylic acids is 1. The van der Waals surface area contributed by atoms with Crippen molar-refractivity contribution in [2.24, 2.45) is 0 Å². The van der Waals surface area contributed by atoms with Crippen LogP contribution in [-0.2, 0) is 9.47 Å². The highest BCUT2D eigenvalue weighted by Crippen LogP contribution is 2.36. The Bertz CT molecular complexity index is 1400. The first-order chi connectivity index (χ1) is 18.9. The Morgan fingerprint density at radius 2 is 1.43 bits per heavy atom. The van der Waals surface area contributed by atoms with Crippen LogP contribution in [-0.4, -0.2) is 89.2 Å². The molecule has 0 saturated carbocycles. The van der Waals surface area contributed by atoms with Crippen molar-refractivity contribution in [3.63, 3.8) is 0 Å². The summed E-state index contributed by atoms with van der Waals surface area (Å²) in [7, 11) is 0. The van der Waals surface area contributed by atoms with Gasteiger partial charge in [-0.15, -0.1) is 0 Å². The molecule has 9 N–H and O–H groups in total. The predicted molar refractivity (Wildman–Crippen MR) is 136 cm³/mol. The lowest BCUT2D eigenvalue weighted by Crippen LogP contribution is -2.60. The minimum atomic E-state index is -1.77. The summed E-state index contributed by atoms with van der Waals surface area (Å²) in [5, 5.41) is 88.8. The van der Waals surface area contributed by atoms with E-state index < -0.39 is 60.5 Å². The van der Waals surface area contributed by atoms with E-state index in [1.54, 1.807) is 18.2 Å².